The molecule has 0 saturated heterocycles. The zero-order chi connectivity index (χ0) is 19.9. The van der Waals surface area contributed by atoms with Crippen LogP contribution in [0.25, 0.3) is 11.4 Å². The number of hydrogen-bond acceptors (Lipinski definition) is 5. The third kappa shape index (κ3) is 5.21. The molecule has 0 aliphatic carbocycles. The third-order valence-electron chi connectivity index (χ3n) is 3.95. The highest BCUT2D eigenvalue weighted by atomic mass is 35.5. The summed E-state index contributed by atoms with van der Waals surface area (Å²) < 4.78 is 2.00. The second kappa shape index (κ2) is 9.52. The lowest BCUT2D eigenvalue weighted by atomic mass is 10.1. The summed E-state index contributed by atoms with van der Waals surface area (Å²) in [6.07, 6.45) is 1.57. The molecule has 2 aromatic carbocycles. The molecule has 0 aliphatic heterocycles. The Morgan fingerprint density at radius 1 is 1.18 bits per heavy atom. The number of nitrogens with one attached hydrogen (secondary N) is 1. The fraction of sp³-hybridized carbons (Fsp3) is 0.200. The Morgan fingerprint density at radius 3 is 2.57 bits per heavy atom. The van der Waals surface area contributed by atoms with E-state index >= 15 is 0 Å². The van der Waals surface area contributed by atoms with Gasteiger partial charge in [0.1, 0.15) is 0 Å². The van der Waals surface area contributed by atoms with Gasteiger partial charge in [-0.25, -0.2) is 5.43 Å². The first-order valence-electron chi connectivity index (χ1n) is 8.77. The van der Waals surface area contributed by atoms with E-state index in [1.165, 1.54) is 17.3 Å². The van der Waals surface area contributed by atoms with E-state index in [1.807, 2.05) is 54.8 Å². The van der Waals surface area contributed by atoms with Gasteiger partial charge in [0.25, 0.3) is 5.91 Å². The first kappa shape index (κ1) is 20.1. The molecule has 28 heavy (non-hydrogen) atoms. The van der Waals surface area contributed by atoms with E-state index in [9.17, 15) is 4.79 Å². The molecule has 0 bridgehead atoms. The number of carbonyl (C=O) groups is 1. The van der Waals surface area contributed by atoms with Crippen LogP contribution < -0.4 is 5.43 Å². The second-order valence-corrected chi connectivity index (χ2v) is 7.43. The Kier molecular flexibility index (Phi) is 6.84. The number of nitrogens with zero attached hydrogens (tertiary/aromatic N) is 4. The standard InChI is InChI=1S/C20H20ClN5OS/c1-3-26-19(16-8-4-14(2)5-9-16)24-25-20(26)28-13-18(27)23-22-12-15-6-10-17(21)11-7-15/h4-12H,3,13H2,1-2H3,(H,23,27)/b22-12-. The van der Waals surface area contributed by atoms with Crippen LogP contribution in [0, 0.1) is 6.92 Å². The number of rotatable bonds is 7. The molecule has 0 saturated carbocycles. The average molecular weight is 414 g/mol. The predicted molar refractivity (Wildman–Crippen MR) is 114 cm³/mol. The summed E-state index contributed by atoms with van der Waals surface area (Å²) in [5.41, 5.74) is 5.57. The molecule has 1 N–H and O–H groups in total. The van der Waals surface area contributed by atoms with Gasteiger partial charge in [-0.05, 0) is 31.5 Å². The largest absolute Gasteiger partial charge is 0.302 e. The van der Waals surface area contributed by atoms with Crippen LogP contribution in [-0.4, -0.2) is 32.6 Å². The molecule has 0 radical (unpaired) electrons. The molecule has 1 aromatic heterocycles. The summed E-state index contributed by atoms with van der Waals surface area (Å²) in [5.74, 6) is 0.785. The molecular formula is C20H20ClN5OS. The van der Waals surface area contributed by atoms with Gasteiger partial charge in [-0.3, -0.25) is 4.79 Å². The van der Waals surface area contributed by atoms with Crippen LogP contribution in [-0.2, 0) is 11.3 Å². The van der Waals surface area contributed by atoms with Gasteiger partial charge in [-0.15, -0.1) is 10.2 Å². The summed E-state index contributed by atoms with van der Waals surface area (Å²) in [6.45, 7) is 4.79. The maximum Gasteiger partial charge on any atom is 0.250 e. The quantitative estimate of drug-likeness (QED) is 0.358. The van der Waals surface area contributed by atoms with Gasteiger partial charge in [-0.2, -0.15) is 5.10 Å². The summed E-state index contributed by atoms with van der Waals surface area (Å²) in [4.78, 5) is 12.1. The van der Waals surface area contributed by atoms with Crippen molar-refractivity contribution in [1.29, 1.82) is 0 Å². The van der Waals surface area contributed by atoms with Crippen molar-refractivity contribution in [2.24, 2.45) is 5.10 Å². The molecule has 3 aromatic rings. The van der Waals surface area contributed by atoms with E-state index in [4.69, 9.17) is 11.6 Å². The van der Waals surface area contributed by atoms with Crippen molar-refractivity contribution in [2.75, 3.05) is 5.75 Å². The van der Waals surface area contributed by atoms with E-state index in [0.717, 1.165) is 23.5 Å². The van der Waals surface area contributed by atoms with E-state index in [2.05, 4.69) is 20.7 Å². The zero-order valence-corrected chi connectivity index (χ0v) is 17.2. The van der Waals surface area contributed by atoms with Crippen LogP contribution in [0.1, 0.15) is 18.1 Å². The van der Waals surface area contributed by atoms with Crippen LogP contribution in [0.2, 0.25) is 5.02 Å². The van der Waals surface area contributed by atoms with Crippen molar-refractivity contribution in [1.82, 2.24) is 20.2 Å². The Labute approximate surface area is 173 Å². The van der Waals surface area contributed by atoms with Crippen LogP contribution in [0.15, 0.2) is 58.8 Å². The van der Waals surface area contributed by atoms with Crippen molar-refractivity contribution >= 4 is 35.5 Å². The van der Waals surface area contributed by atoms with Crippen LogP contribution in [0.4, 0.5) is 0 Å². The minimum absolute atomic E-state index is 0.198. The highest BCUT2D eigenvalue weighted by Crippen LogP contribution is 2.24. The van der Waals surface area contributed by atoms with Crippen molar-refractivity contribution in [3.8, 4) is 11.4 Å². The summed E-state index contributed by atoms with van der Waals surface area (Å²) in [7, 11) is 0. The molecule has 0 spiro atoms. The summed E-state index contributed by atoms with van der Waals surface area (Å²) in [6, 6.07) is 15.3. The molecular weight excluding hydrogens is 394 g/mol. The first-order chi connectivity index (χ1) is 13.6. The lowest BCUT2D eigenvalue weighted by Crippen LogP contribution is -2.20. The van der Waals surface area contributed by atoms with E-state index in [-0.39, 0.29) is 11.7 Å². The Morgan fingerprint density at radius 2 is 1.89 bits per heavy atom. The molecule has 1 heterocycles. The second-order valence-electron chi connectivity index (χ2n) is 6.05. The molecule has 0 aliphatic rings. The minimum Gasteiger partial charge on any atom is -0.302 e. The highest BCUT2D eigenvalue weighted by molar-refractivity contribution is 7.99. The van der Waals surface area contributed by atoms with Crippen LogP contribution in [0.5, 0.6) is 0 Å². The fourth-order valence-corrected chi connectivity index (χ4v) is 3.41. The maximum absolute atomic E-state index is 12.1. The maximum atomic E-state index is 12.1. The SMILES string of the molecule is CCn1c(SCC(=O)N/N=C\c2ccc(Cl)cc2)nnc1-c1ccc(C)cc1. The smallest absolute Gasteiger partial charge is 0.250 e. The monoisotopic (exact) mass is 413 g/mol. The van der Waals surface area contributed by atoms with Gasteiger partial charge in [0.05, 0.1) is 12.0 Å². The number of hydrogen-bond donors (Lipinski definition) is 1. The van der Waals surface area contributed by atoms with Gasteiger partial charge in [0.15, 0.2) is 11.0 Å². The minimum atomic E-state index is -0.210. The van der Waals surface area contributed by atoms with Crippen molar-refractivity contribution in [3.63, 3.8) is 0 Å². The molecule has 144 valence electrons. The number of benzene rings is 2. The number of halogens is 1. The predicted octanol–water partition coefficient (Wildman–Crippen LogP) is 4.17. The van der Waals surface area contributed by atoms with Gasteiger partial charge >= 0.3 is 0 Å². The van der Waals surface area contributed by atoms with Crippen molar-refractivity contribution < 1.29 is 4.79 Å². The molecule has 0 unspecified atom stereocenters. The number of carbonyl (C=O) groups excluding carboxylic acids is 1. The first-order valence-corrected chi connectivity index (χ1v) is 10.1. The van der Waals surface area contributed by atoms with Gasteiger partial charge < -0.3 is 4.57 Å². The topological polar surface area (TPSA) is 72.2 Å². The van der Waals surface area contributed by atoms with Crippen molar-refractivity contribution in [2.45, 2.75) is 25.5 Å². The molecule has 0 fully saturated rings. The van der Waals surface area contributed by atoms with Gasteiger partial charge in [0.2, 0.25) is 0 Å². The zero-order valence-electron chi connectivity index (χ0n) is 15.6. The lowest BCUT2D eigenvalue weighted by Gasteiger charge is -2.07. The third-order valence-corrected chi connectivity index (χ3v) is 5.17. The Bertz CT molecular complexity index is 967. The Balaban J connectivity index is 1.58. The summed E-state index contributed by atoms with van der Waals surface area (Å²) in [5, 5.41) is 13.9. The highest BCUT2D eigenvalue weighted by Gasteiger charge is 2.14. The number of hydrazone groups is 1. The average Bonchev–Trinajstić information content (AvgIpc) is 3.11. The molecule has 1 amide bonds. The van der Waals surface area contributed by atoms with Crippen LogP contribution >= 0.6 is 23.4 Å². The Hall–Kier alpha value is -2.64. The van der Waals surface area contributed by atoms with E-state index in [1.54, 1.807) is 18.3 Å². The van der Waals surface area contributed by atoms with E-state index < -0.39 is 0 Å². The molecule has 0 atom stereocenters. The van der Waals surface area contributed by atoms with Gasteiger partial charge in [0, 0.05) is 17.1 Å². The lowest BCUT2D eigenvalue weighted by molar-refractivity contribution is -0.118. The number of aryl methyl sites for hydroxylation is 1. The molecule has 8 heteroatoms. The van der Waals surface area contributed by atoms with Gasteiger partial charge in [-0.1, -0.05) is 65.3 Å². The number of amides is 1. The van der Waals surface area contributed by atoms with E-state index in [0.29, 0.717) is 10.2 Å². The van der Waals surface area contributed by atoms with Crippen molar-refractivity contribution in [3.05, 3.63) is 64.7 Å². The molecule has 6 nitrogen and oxygen atoms in total. The fourth-order valence-electron chi connectivity index (χ4n) is 2.49. The number of aromatic nitrogens is 3. The summed E-state index contributed by atoms with van der Waals surface area (Å²) >= 11 is 7.17. The number of thioether (sulfide) groups is 1. The van der Waals surface area contributed by atoms with Crippen LogP contribution in [0.3, 0.4) is 0 Å². The molecule has 3 rings (SSSR count). The normalized spacial score (nSPS) is 11.1.